The van der Waals surface area contributed by atoms with Crippen LogP contribution in [0.2, 0.25) is 0 Å². The highest BCUT2D eigenvalue weighted by Crippen LogP contribution is 2.41. The number of hydrogen-bond donors (Lipinski definition) is 1. The number of nitrogens with one attached hydrogen (secondary N) is 1. The first-order valence-electron chi connectivity index (χ1n) is 7.80. The first-order chi connectivity index (χ1) is 11.3. The van der Waals surface area contributed by atoms with Crippen LogP contribution >= 0.6 is 0 Å². The van der Waals surface area contributed by atoms with Gasteiger partial charge < -0.3 is 9.73 Å². The average Bonchev–Trinajstić information content (AvgIpc) is 3.24. The normalized spacial score (nSPS) is 22.8. The second-order valence-electron chi connectivity index (χ2n) is 6.28. The molecule has 1 unspecified atom stereocenters. The maximum absolute atomic E-state index is 13.1. The molecule has 1 atom stereocenters. The number of halogens is 2. The molecule has 2 fully saturated rings. The fourth-order valence-corrected chi connectivity index (χ4v) is 3.69. The molecule has 2 aliphatic rings. The van der Waals surface area contributed by atoms with E-state index in [2.05, 4.69) is 10.3 Å². The number of amides is 1. The molecule has 10 heteroatoms. The highest BCUT2D eigenvalue weighted by atomic mass is 32.2. The van der Waals surface area contributed by atoms with E-state index >= 15 is 0 Å². The molecule has 1 aliphatic carbocycles. The Labute approximate surface area is 138 Å². The largest absolute Gasteiger partial charge is 0.435 e. The summed E-state index contributed by atoms with van der Waals surface area (Å²) in [5.41, 5.74) is -0.648. The minimum absolute atomic E-state index is 0.0134. The van der Waals surface area contributed by atoms with Crippen molar-refractivity contribution in [1.29, 1.82) is 0 Å². The first-order valence-corrected chi connectivity index (χ1v) is 9.65. The molecule has 7 nitrogen and oxygen atoms in total. The van der Waals surface area contributed by atoms with Crippen molar-refractivity contribution in [1.82, 2.24) is 14.6 Å². The van der Waals surface area contributed by atoms with E-state index in [4.69, 9.17) is 4.42 Å². The van der Waals surface area contributed by atoms with Crippen molar-refractivity contribution in [2.45, 2.75) is 44.1 Å². The molecular weight excluding hydrogens is 344 g/mol. The van der Waals surface area contributed by atoms with Gasteiger partial charge in [0.25, 0.3) is 12.3 Å². The van der Waals surface area contributed by atoms with Crippen LogP contribution in [0.5, 0.6) is 0 Å². The molecule has 0 radical (unpaired) electrons. The van der Waals surface area contributed by atoms with Gasteiger partial charge in [0.2, 0.25) is 15.8 Å². The average molecular weight is 363 g/mol. The Morgan fingerprint density at radius 2 is 2.08 bits per heavy atom. The number of carbonyl (C=O) groups is 1. The van der Waals surface area contributed by atoms with Gasteiger partial charge in [0.15, 0.2) is 11.6 Å². The molecule has 2 heterocycles. The van der Waals surface area contributed by atoms with Crippen LogP contribution in [-0.4, -0.2) is 49.0 Å². The van der Waals surface area contributed by atoms with Crippen LogP contribution in [0.3, 0.4) is 0 Å². The van der Waals surface area contributed by atoms with Crippen LogP contribution in [0, 0.1) is 0 Å². The Morgan fingerprint density at radius 1 is 1.38 bits per heavy atom. The molecule has 0 spiro atoms. The Kier molecular flexibility index (Phi) is 4.60. The molecule has 1 saturated heterocycles. The molecule has 3 rings (SSSR count). The van der Waals surface area contributed by atoms with Crippen molar-refractivity contribution >= 4 is 15.9 Å². The summed E-state index contributed by atoms with van der Waals surface area (Å²) < 4.78 is 55.9. The zero-order valence-electron chi connectivity index (χ0n) is 13.2. The maximum atomic E-state index is 13.1. The summed E-state index contributed by atoms with van der Waals surface area (Å²) >= 11 is 0. The molecule has 0 bridgehead atoms. The Morgan fingerprint density at radius 3 is 2.67 bits per heavy atom. The van der Waals surface area contributed by atoms with Crippen molar-refractivity contribution in [3.63, 3.8) is 0 Å². The highest BCUT2D eigenvalue weighted by Gasteiger charge is 2.35. The van der Waals surface area contributed by atoms with Gasteiger partial charge in [-0.25, -0.2) is 26.5 Å². The van der Waals surface area contributed by atoms with E-state index in [9.17, 15) is 22.0 Å². The zero-order valence-corrected chi connectivity index (χ0v) is 14.0. The quantitative estimate of drug-likeness (QED) is 0.859. The first kappa shape index (κ1) is 17.3. The summed E-state index contributed by atoms with van der Waals surface area (Å²) in [5.74, 6) is -1.05. The third-order valence-electron chi connectivity index (χ3n) is 4.20. The standard InChI is InChI=1S/C14H19F2N3O4S/c1-24(21,22)19-6-2-3-9(7-19)17-13(20)11-10(12(15)16)18-14(23-11)8-4-5-8/h8-9,12H,2-7H2,1H3,(H,17,20). The minimum Gasteiger partial charge on any atom is -0.435 e. The molecule has 1 aliphatic heterocycles. The second kappa shape index (κ2) is 6.40. The van der Waals surface area contributed by atoms with E-state index in [0.29, 0.717) is 19.4 Å². The molecule has 134 valence electrons. The smallest absolute Gasteiger partial charge is 0.289 e. The van der Waals surface area contributed by atoms with E-state index in [1.54, 1.807) is 0 Å². The summed E-state index contributed by atoms with van der Waals surface area (Å²) in [6.07, 6.45) is 0.993. The van der Waals surface area contributed by atoms with Crippen molar-refractivity contribution in [3.05, 3.63) is 17.3 Å². The van der Waals surface area contributed by atoms with Gasteiger partial charge in [-0.15, -0.1) is 0 Å². The molecular formula is C14H19F2N3O4S. The Hall–Kier alpha value is -1.55. The van der Waals surface area contributed by atoms with Crippen LogP contribution in [0.25, 0.3) is 0 Å². The zero-order chi connectivity index (χ0) is 17.5. The number of piperidine rings is 1. The lowest BCUT2D eigenvalue weighted by Crippen LogP contribution is -2.49. The Balaban J connectivity index is 1.72. The second-order valence-corrected chi connectivity index (χ2v) is 8.26. The fourth-order valence-electron chi connectivity index (χ4n) is 2.78. The van der Waals surface area contributed by atoms with Gasteiger partial charge in [-0.2, -0.15) is 0 Å². The lowest BCUT2D eigenvalue weighted by atomic mass is 10.1. The number of aromatic nitrogens is 1. The fraction of sp³-hybridized carbons (Fsp3) is 0.714. The van der Waals surface area contributed by atoms with Crippen LogP contribution in [0.15, 0.2) is 4.42 Å². The van der Waals surface area contributed by atoms with Gasteiger partial charge in [0.1, 0.15) is 0 Å². The van der Waals surface area contributed by atoms with E-state index < -0.39 is 39.9 Å². The van der Waals surface area contributed by atoms with Crippen LogP contribution in [0.4, 0.5) is 8.78 Å². The minimum atomic E-state index is -3.35. The molecule has 1 amide bonds. The molecule has 1 aromatic heterocycles. The number of carbonyl (C=O) groups excluding carboxylic acids is 1. The molecule has 0 aromatic carbocycles. The SMILES string of the molecule is CS(=O)(=O)N1CCCC(NC(=O)c2oc(C3CC3)nc2C(F)F)C1. The van der Waals surface area contributed by atoms with Crippen molar-refractivity contribution < 1.29 is 26.4 Å². The predicted molar refractivity (Wildman–Crippen MR) is 80.3 cm³/mol. The van der Waals surface area contributed by atoms with Gasteiger partial charge in [-0.1, -0.05) is 0 Å². The molecule has 1 saturated carbocycles. The van der Waals surface area contributed by atoms with Crippen LogP contribution < -0.4 is 5.32 Å². The summed E-state index contributed by atoms with van der Waals surface area (Å²) in [5, 5.41) is 2.59. The number of alkyl halides is 2. The van der Waals surface area contributed by atoms with Crippen LogP contribution in [0.1, 0.15) is 60.2 Å². The van der Waals surface area contributed by atoms with Gasteiger partial charge in [0, 0.05) is 25.0 Å². The van der Waals surface area contributed by atoms with E-state index in [0.717, 1.165) is 19.1 Å². The number of nitrogens with zero attached hydrogens (tertiary/aromatic N) is 2. The van der Waals surface area contributed by atoms with Crippen LogP contribution in [-0.2, 0) is 10.0 Å². The summed E-state index contributed by atoms with van der Waals surface area (Å²) in [4.78, 5) is 16.1. The van der Waals surface area contributed by atoms with Crippen molar-refractivity contribution in [2.24, 2.45) is 0 Å². The lowest BCUT2D eigenvalue weighted by Gasteiger charge is -2.31. The van der Waals surface area contributed by atoms with Gasteiger partial charge in [0.05, 0.1) is 6.26 Å². The number of sulfonamides is 1. The predicted octanol–water partition coefficient (Wildman–Crippen LogP) is 1.64. The third kappa shape index (κ3) is 3.75. The van der Waals surface area contributed by atoms with Gasteiger partial charge >= 0.3 is 0 Å². The summed E-state index contributed by atoms with van der Waals surface area (Å²) in [6, 6.07) is -0.444. The molecule has 24 heavy (non-hydrogen) atoms. The highest BCUT2D eigenvalue weighted by molar-refractivity contribution is 7.88. The topological polar surface area (TPSA) is 92.5 Å². The molecule has 1 N–H and O–H groups in total. The summed E-state index contributed by atoms with van der Waals surface area (Å²) in [7, 11) is -3.35. The lowest BCUT2D eigenvalue weighted by molar-refractivity contribution is 0.0873. The van der Waals surface area contributed by atoms with Gasteiger partial charge in [-0.05, 0) is 25.7 Å². The van der Waals surface area contributed by atoms with Crippen molar-refractivity contribution in [3.8, 4) is 0 Å². The van der Waals surface area contributed by atoms with Gasteiger partial charge in [-0.3, -0.25) is 4.79 Å². The van der Waals surface area contributed by atoms with E-state index in [-0.39, 0.29) is 18.4 Å². The monoisotopic (exact) mass is 363 g/mol. The number of oxazole rings is 1. The van der Waals surface area contributed by atoms with E-state index in [1.807, 2.05) is 0 Å². The maximum Gasteiger partial charge on any atom is 0.289 e. The summed E-state index contributed by atoms with van der Waals surface area (Å²) in [6.45, 7) is 0.514. The Bertz CT molecular complexity index is 730. The third-order valence-corrected chi connectivity index (χ3v) is 5.47. The number of hydrogen-bond acceptors (Lipinski definition) is 5. The van der Waals surface area contributed by atoms with E-state index in [1.165, 1.54) is 4.31 Å². The van der Waals surface area contributed by atoms with Crippen molar-refractivity contribution in [2.75, 3.05) is 19.3 Å². The molecule has 1 aromatic rings. The number of rotatable bonds is 5.